The molecule has 4 aliphatic rings. The van der Waals surface area contributed by atoms with Crippen molar-refractivity contribution in [1.82, 2.24) is 15.5 Å². The predicted octanol–water partition coefficient (Wildman–Crippen LogP) is 1.97. The fourth-order valence-corrected chi connectivity index (χ4v) is 5.61. The summed E-state index contributed by atoms with van der Waals surface area (Å²) in [5.41, 5.74) is -0.0174. The predicted molar refractivity (Wildman–Crippen MR) is 96.6 cm³/mol. The van der Waals surface area contributed by atoms with Gasteiger partial charge in [-0.25, -0.2) is 4.79 Å². The third kappa shape index (κ3) is 4.68. The van der Waals surface area contributed by atoms with E-state index in [1.807, 2.05) is 0 Å². The topological polar surface area (TPSA) is 98.7 Å². The number of nitrogens with zero attached hydrogens (tertiary/aromatic N) is 1. The van der Waals surface area contributed by atoms with Gasteiger partial charge in [0, 0.05) is 38.5 Å². The average molecular weight is 365 g/mol. The highest BCUT2D eigenvalue weighted by molar-refractivity contribution is 5.78. The maximum absolute atomic E-state index is 12.3. The Hall–Kier alpha value is -1.79. The molecule has 4 saturated carbocycles. The Morgan fingerprint density at radius 1 is 1.04 bits per heavy atom. The van der Waals surface area contributed by atoms with Crippen molar-refractivity contribution in [2.24, 2.45) is 17.8 Å². The second kappa shape index (κ2) is 7.84. The second-order valence-electron chi connectivity index (χ2n) is 8.64. The number of hydrogen-bond acceptors (Lipinski definition) is 3. The number of hydrogen-bond donors (Lipinski definition) is 3. The van der Waals surface area contributed by atoms with E-state index in [2.05, 4.69) is 10.6 Å². The number of carboxylic acids is 1. The zero-order valence-corrected chi connectivity index (χ0v) is 15.6. The van der Waals surface area contributed by atoms with Crippen LogP contribution in [0.1, 0.15) is 57.8 Å². The maximum atomic E-state index is 12.3. The first-order chi connectivity index (χ1) is 12.3. The average Bonchev–Trinajstić information content (AvgIpc) is 2.52. The Labute approximate surface area is 154 Å². The summed E-state index contributed by atoms with van der Waals surface area (Å²) in [5, 5.41) is 14.7. The van der Waals surface area contributed by atoms with Gasteiger partial charge in [0.25, 0.3) is 0 Å². The van der Waals surface area contributed by atoms with Crippen LogP contribution in [0.4, 0.5) is 4.79 Å². The van der Waals surface area contributed by atoms with Crippen LogP contribution in [-0.2, 0) is 9.59 Å². The molecule has 0 aromatic heterocycles. The first-order valence-electron chi connectivity index (χ1n) is 9.87. The van der Waals surface area contributed by atoms with Crippen LogP contribution in [0.3, 0.4) is 0 Å². The molecule has 0 aromatic rings. The minimum atomic E-state index is -0.853. The Morgan fingerprint density at radius 2 is 1.62 bits per heavy atom. The summed E-state index contributed by atoms with van der Waals surface area (Å²) in [6.07, 6.45) is 8.08. The lowest BCUT2D eigenvalue weighted by Crippen LogP contribution is -2.61. The number of carboxylic acid groups (broad SMARTS) is 1. The van der Waals surface area contributed by atoms with Gasteiger partial charge in [-0.2, -0.15) is 0 Å². The van der Waals surface area contributed by atoms with E-state index in [0.717, 1.165) is 37.0 Å². The molecule has 4 fully saturated rings. The molecule has 0 unspecified atom stereocenters. The van der Waals surface area contributed by atoms with Crippen LogP contribution in [0.2, 0.25) is 0 Å². The number of carbonyl (C=O) groups is 3. The van der Waals surface area contributed by atoms with Gasteiger partial charge < -0.3 is 20.6 Å². The summed E-state index contributed by atoms with van der Waals surface area (Å²) < 4.78 is 0. The Balaban J connectivity index is 1.35. The molecule has 0 saturated heterocycles. The van der Waals surface area contributed by atoms with E-state index in [4.69, 9.17) is 5.11 Å². The molecule has 4 aliphatic carbocycles. The molecule has 3 N–H and O–H groups in total. The Kier molecular flexibility index (Phi) is 5.73. The van der Waals surface area contributed by atoms with E-state index in [-0.39, 0.29) is 30.3 Å². The molecule has 0 heterocycles. The van der Waals surface area contributed by atoms with Gasteiger partial charge in [0.15, 0.2) is 0 Å². The highest BCUT2D eigenvalue weighted by Gasteiger charge is 2.51. The number of urea groups is 1. The van der Waals surface area contributed by atoms with Gasteiger partial charge >= 0.3 is 12.0 Å². The number of nitrogens with one attached hydrogen (secondary N) is 2. The number of amides is 3. The summed E-state index contributed by atoms with van der Waals surface area (Å²) in [4.78, 5) is 36.4. The molecular weight excluding hydrogens is 334 g/mol. The van der Waals surface area contributed by atoms with Crippen molar-refractivity contribution in [1.29, 1.82) is 0 Å². The molecule has 0 radical (unpaired) electrons. The van der Waals surface area contributed by atoms with Gasteiger partial charge in [0.2, 0.25) is 5.91 Å². The quantitative estimate of drug-likeness (QED) is 0.612. The van der Waals surface area contributed by atoms with E-state index < -0.39 is 5.97 Å². The van der Waals surface area contributed by atoms with Gasteiger partial charge in [-0.3, -0.25) is 9.59 Å². The Bertz CT molecular complexity index is 528. The van der Waals surface area contributed by atoms with Crippen molar-refractivity contribution in [3.63, 3.8) is 0 Å². The van der Waals surface area contributed by atoms with Crippen LogP contribution in [-0.4, -0.2) is 53.6 Å². The first kappa shape index (κ1) is 19.0. The summed E-state index contributed by atoms with van der Waals surface area (Å²) in [7, 11) is 1.67. The van der Waals surface area contributed by atoms with E-state index in [9.17, 15) is 14.4 Å². The van der Waals surface area contributed by atoms with Crippen LogP contribution >= 0.6 is 0 Å². The highest BCUT2D eigenvalue weighted by atomic mass is 16.4. The minimum absolute atomic E-state index is 0.0174. The summed E-state index contributed by atoms with van der Waals surface area (Å²) in [6.45, 7) is 0.727. The maximum Gasteiger partial charge on any atom is 0.315 e. The summed E-state index contributed by atoms with van der Waals surface area (Å²) in [6, 6.07) is -0.159. The van der Waals surface area contributed by atoms with Gasteiger partial charge in [-0.1, -0.05) is 0 Å². The van der Waals surface area contributed by atoms with E-state index in [0.29, 0.717) is 19.5 Å². The summed E-state index contributed by atoms with van der Waals surface area (Å²) >= 11 is 0. The highest BCUT2D eigenvalue weighted by Crippen LogP contribution is 2.55. The molecule has 0 aromatic carbocycles. The zero-order valence-electron chi connectivity index (χ0n) is 15.6. The van der Waals surface area contributed by atoms with Crippen molar-refractivity contribution in [2.45, 2.75) is 63.3 Å². The van der Waals surface area contributed by atoms with Crippen LogP contribution in [0.5, 0.6) is 0 Å². The fourth-order valence-electron chi connectivity index (χ4n) is 5.61. The van der Waals surface area contributed by atoms with Crippen molar-refractivity contribution in [3.8, 4) is 0 Å². The van der Waals surface area contributed by atoms with Crippen LogP contribution in [0.15, 0.2) is 0 Å². The molecule has 7 nitrogen and oxygen atoms in total. The number of carbonyl (C=O) groups excluding carboxylic acids is 2. The third-order valence-corrected chi connectivity index (χ3v) is 6.35. The minimum Gasteiger partial charge on any atom is -0.481 e. The van der Waals surface area contributed by atoms with Crippen molar-refractivity contribution >= 4 is 17.9 Å². The molecule has 0 aliphatic heterocycles. The molecule has 4 rings (SSSR count). The first-order valence-corrected chi connectivity index (χ1v) is 9.87. The summed E-state index contributed by atoms with van der Waals surface area (Å²) in [5.74, 6) is 1.41. The van der Waals surface area contributed by atoms with Gasteiger partial charge in [-0.05, 0) is 62.7 Å². The van der Waals surface area contributed by atoms with E-state index >= 15 is 0 Å². The van der Waals surface area contributed by atoms with Gasteiger partial charge in [0.1, 0.15) is 0 Å². The van der Waals surface area contributed by atoms with Crippen LogP contribution < -0.4 is 10.6 Å². The van der Waals surface area contributed by atoms with Gasteiger partial charge in [-0.15, -0.1) is 0 Å². The smallest absolute Gasteiger partial charge is 0.315 e. The molecule has 0 spiro atoms. The van der Waals surface area contributed by atoms with Crippen LogP contribution in [0.25, 0.3) is 0 Å². The lowest BCUT2D eigenvalue weighted by molar-refractivity contribution is -0.138. The van der Waals surface area contributed by atoms with Crippen molar-refractivity contribution < 1.29 is 19.5 Å². The third-order valence-electron chi connectivity index (χ3n) is 6.35. The SMILES string of the molecule is CN(CCCC(=O)O)C(=O)CCNC(=O)NC12CC3CC(CC(C3)C1)C2. The zero-order chi connectivity index (χ0) is 18.7. The molecule has 0 atom stereocenters. The second-order valence-corrected chi connectivity index (χ2v) is 8.64. The normalized spacial score (nSPS) is 31.5. The molecule has 3 amide bonds. The van der Waals surface area contributed by atoms with Crippen LogP contribution in [0, 0.1) is 17.8 Å². The molecular formula is C19H31N3O4. The lowest BCUT2D eigenvalue weighted by atomic mass is 9.53. The monoisotopic (exact) mass is 365 g/mol. The van der Waals surface area contributed by atoms with E-state index in [1.165, 1.54) is 24.2 Å². The van der Waals surface area contributed by atoms with Gasteiger partial charge in [0.05, 0.1) is 0 Å². The fraction of sp³-hybridized carbons (Fsp3) is 0.842. The molecule has 146 valence electrons. The molecule has 4 bridgehead atoms. The largest absolute Gasteiger partial charge is 0.481 e. The number of aliphatic carboxylic acids is 1. The van der Waals surface area contributed by atoms with E-state index in [1.54, 1.807) is 7.05 Å². The number of rotatable bonds is 8. The van der Waals surface area contributed by atoms with Crippen molar-refractivity contribution in [3.05, 3.63) is 0 Å². The lowest BCUT2D eigenvalue weighted by Gasteiger charge is -2.56. The standard InChI is InChI=1S/C19H31N3O4/c1-22(6-2-3-17(24)25)16(23)4-5-20-18(26)21-19-10-13-7-14(11-19)9-15(8-13)12-19/h13-15H,2-12H2,1H3,(H,24,25)(H2,20,21,26). The van der Waals surface area contributed by atoms with Crippen molar-refractivity contribution in [2.75, 3.05) is 20.1 Å². The Morgan fingerprint density at radius 3 is 2.15 bits per heavy atom. The molecule has 7 heteroatoms. The molecule has 26 heavy (non-hydrogen) atoms.